The number of hydrogen-bond acceptors (Lipinski definition) is 3. The number of nitrogens with zero attached hydrogens (tertiary/aromatic N) is 2. The van der Waals surface area contributed by atoms with E-state index in [-0.39, 0.29) is 12.0 Å². The summed E-state index contributed by atoms with van der Waals surface area (Å²) in [5.41, 5.74) is 1.44. The molecular formula is C13H12BrN3. The molecule has 1 aliphatic carbocycles. The lowest BCUT2D eigenvalue weighted by molar-refractivity contribution is 0.629. The molecule has 3 nitrogen and oxygen atoms in total. The molecule has 0 spiro atoms. The first-order valence-corrected chi connectivity index (χ1v) is 6.39. The van der Waals surface area contributed by atoms with Gasteiger partial charge >= 0.3 is 0 Å². The molecule has 1 aliphatic rings. The van der Waals surface area contributed by atoms with Gasteiger partial charge in [-0.3, -0.25) is 0 Å². The minimum absolute atomic E-state index is 0.0604. The van der Waals surface area contributed by atoms with Crippen LogP contribution in [0.25, 0.3) is 0 Å². The van der Waals surface area contributed by atoms with E-state index in [4.69, 9.17) is 10.5 Å². The number of benzene rings is 1. The van der Waals surface area contributed by atoms with Crippen LogP contribution in [-0.4, -0.2) is 6.04 Å². The molecule has 1 fully saturated rings. The summed E-state index contributed by atoms with van der Waals surface area (Å²) < 4.78 is 0.892. The van der Waals surface area contributed by atoms with Gasteiger partial charge in [-0.1, -0.05) is 15.9 Å². The van der Waals surface area contributed by atoms with E-state index in [1.54, 1.807) is 6.07 Å². The second-order valence-electron chi connectivity index (χ2n) is 4.22. The van der Waals surface area contributed by atoms with Crippen molar-refractivity contribution >= 4 is 21.6 Å². The van der Waals surface area contributed by atoms with Crippen molar-refractivity contribution in [2.45, 2.75) is 25.3 Å². The van der Waals surface area contributed by atoms with E-state index in [9.17, 15) is 0 Å². The smallest absolute Gasteiger partial charge is 0.101 e. The predicted molar refractivity (Wildman–Crippen MR) is 69.2 cm³/mol. The Morgan fingerprint density at radius 2 is 2.12 bits per heavy atom. The van der Waals surface area contributed by atoms with Gasteiger partial charge in [-0.15, -0.1) is 0 Å². The zero-order valence-corrected chi connectivity index (χ0v) is 10.9. The average Bonchev–Trinajstić information content (AvgIpc) is 2.78. The Hall–Kier alpha value is -1.52. The largest absolute Gasteiger partial charge is 0.380 e. The zero-order valence-electron chi connectivity index (χ0n) is 9.28. The van der Waals surface area contributed by atoms with Crippen molar-refractivity contribution < 1.29 is 0 Å². The lowest BCUT2D eigenvalue weighted by Gasteiger charge is -2.17. The van der Waals surface area contributed by atoms with Gasteiger partial charge in [0.05, 0.1) is 23.2 Å². The van der Waals surface area contributed by atoms with Gasteiger partial charge in [-0.05, 0) is 37.5 Å². The third-order valence-electron chi connectivity index (χ3n) is 3.12. The molecule has 0 saturated heterocycles. The topological polar surface area (TPSA) is 59.6 Å². The van der Waals surface area contributed by atoms with Crippen LogP contribution in [0.5, 0.6) is 0 Å². The van der Waals surface area contributed by atoms with Crippen LogP contribution in [0.3, 0.4) is 0 Å². The van der Waals surface area contributed by atoms with E-state index >= 15 is 0 Å². The Kier molecular flexibility index (Phi) is 3.66. The number of rotatable bonds is 2. The van der Waals surface area contributed by atoms with E-state index in [1.807, 2.05) is 12.1 Å². The molecule has 4 heteroatoms. The molecule has 1 saturated carbocycles. The van der Waals surface area contributed by atoms with Crippen molar-refractivity contribution in [2.24, 2.45) is 5.92 Å². The first kappa shape index (κ1) is 12.0. The van der Waals surface area contributed by atoms with Gasteiger partial charge in [0, 0.05) is 10.5 Å². The van der Waals surface area contributed by atoms with Crippen LogP contribution >= 0.6 is 15.9 Å². The normalized spacial score (nSPS) is 22.8. The lowest BCUT2D eigenvalue weighted by atomic mass is 10.0. The fraction of sp³-hybridized carbons (Fsp3) is 0.385. The van der Waals surface area contributed by atoms with Crippen LogP contribution in [0.2, 0.25) is 0 Å². The molecular weight excluding hydrogens is 278 g/mol. The summed E-state index contributed by atoms with van der Waals surface area (Å²) in [5.74, 6) is 0.0604. The van der Waals surface area contributed by atoms with E-state index in [1.165, 1.54) is 0 Å². The van der Waals surface area contributed by atoms with E-state index in [0.29, 0.717) is 5.56 Å². The maximum Gasteiger partial charge on any atom is 0.101 e. The summed E-state index contributed by atoms with van der Waals surface area (Å²) in [4.78, 5) is 0. The molecule has 1 aromatic carbocycles. The highest BCUT2D eigenvalue weighted by atomic mass is 79.9. The number of nitriles is 2. The van der Waals surface area contributed by atoms with Crippen LogP contribution < -0.4 is 5.32 Å². The highest BCUT2D eigenvalue weighted by Crippen LogP contribution is 2.29. The van der Waals surface area contributed by atoms with Crippen molar-refractivity contribution in [3.8, 4) is 12.1 Å². The predicted octanol–water partition coefficient (Wildman–Crippen LogP) is 3.42. The Labute approximate surface area is 109 Å². The Morgan fingerprint density at radius 3 is 2.82 bits per heavy atom. The van der Waals surface area contributed by atoms with Crippen molar-refractivity contribution in [2.75, 3.05) is 5.32 Å². The first-order valence-electron chi connectivity index (χ1n) is 5.60. The quantitative estimate of drug-likeness (QED) is 0.907. The molecule has 86 valence electrons. The Morgan fingerprint density at radius 1 is 1.29 bits per heavy atom. The maximum absolute atomic E-state index is 9.06. The molecule has 0 heterocycles. The SMILES string of the molecule is N#Cc1cc(Br)ccc1NC1CCCC1C#N. The van der Waals surface area contributed by atoms with E-state index < -0.39 is 0 Å². The molecule has 0 radical (unpaired) electrons. The second-order valence-corrected chi connectivity index (χ2v) is 5.13. The zero-order chi connectivity index (χ0) is 12.3. The number of nitrogens with one attached hydrogen (secondary N) is 1. The van der Waals surface area contributed by atoms with Gasteiger partial charge < -0.3 is 5.32 Å². The maximum atomic E-state index is 9.06. The van der Waals surface area contributed by atoms with E-state index in [2.05, 4.69) is 33.4 Å². The number of anilines is 1. The second kappa shape index (κ2) is 5.21. The molecule has 0 aliphatic heterocycles. The molecule has 0 aromatic heterocycles. The van der Waals surface area contributed by atoms with Crippen LogP contribution in [0, 0.1) is 28.6 Å². The average molecular weight is 290 g/mol. The van der Waals surface area contributed by atoms with Crippen LogP contribution in [0.15, 0.2) is 22.7 Å². The summed E-state index contributed by atoms with van der Waals surface area (Å²) in [7, 11) is 0. The van der Waals surface area contributed by atoms with Crippen LogP contribution in [-0.2, 0) is 0 Å². The minimum Gasteiger partial charge on any atom is -0.380 e. The third kappa shape index (κ3) is 2.60. The Balaban J connectivity index is 2.19. The van der Waals surface area contributed by atoms with Crippen molar-refractivity contribution in [1.82, 2.24) is 0 Å². The molecule has 17 heavy (non-hydrogen) atoms. The standard InChI is InChI=1S/C13H12BrN3/c14-11-4-5-13(10(6-11)8-16)17-12-3-1-2-9(12)7-15/h4-6,9,12,17H,1-3H2. The molecule has 2 rings (SSSR count). The number of hydrogen-bond donors (Lipinski definition) is 1. The minimum atomic E-state index is 0.0604. The molecule has 1 aromatic rings. The molecule has 0 bridgehead atoms. The van der Waals surface area contributed by atoms with Crippen molar-refractivity contribution in [3.05, 3.63) is 28.2 Å². The fourth-order valence-corrected chi connectivity index (χ4v) is 2.58. The van der Waals surface area contributed by atoms with Gasteiger partial charge in [-0.2, -0.15) is 10.5 Å². The molecule has 0 amide bonds. The van der Waals surface area contributed by atoms with E-state index in [0.717, 1.165) is 29.4 Å². The highest BCUT2D eigenvalue weighted by Gasteiger charge is 2.27. The van der Waals surface area contributed by atoms with Gasteiger partial charge in [-0.25, -0.2) is 0 Å². The number of halogens is 1. The third-order valence-corrected chi connectivity index (χ3v) is 3.62. The van der Waals surface area contributed by atoms with Gasteiger partial charge in [0.25, 0.3) is 0 Å². The summed E-state index contributed by atoms with van der Waals surface area (Å²) in [6, 6.07) is 10.2. The van der Waals surface area contributed by atoms with Crippen molar-refractivity contribution in [1.29, 1.82) is 10.5 Å². The molecule has 1 N–H and O–H groups in total. The summed E-state index contributed by atoms with van der Waals surface area (Å²) in [5, 5.41) is 21.4. The summed E-state index contributed by atoms with van der Waals surface area (Å²) in [6.45, 7) is 0. The van der Waals surface area contributed by atoms with Crippen LogP contribution in [0.1, 0.15) is 24.8 Å². The van der Waals surface area contributed by atoms with Crippen molar-refractivity contribution in [3.63, 3.8) is 0 Å². The van der Waals surface area contributed by atoms with Gasteiger partial charge in [0.2, 0.25) is 0 Å². The summed E-state index contributed by atoms with van der Waals surface area (Å²) in [6.07, 6.45) is 3.03. The molecule has 2 unspecified atom stereocenters. The van der Waals surface area contributed by atoms with Crippen LogP contribution in [0.4, 0.5) is 5.69 Å². The van der Waals surface area contributed by atoms with Gasteiger partial charge in [0.15, 0.2) is 0 Å². The Bertz CT molecular complexity index is 498. The fourth-order valence-electron chi connectivity index (χ4n) is 2.22. The first-order chi connectivity index (χ1) is 8.24. The highest BCUT2D eigenvalue weighted by molar-refractivity contribution is 9.10. The summed E-state index contributed by atoms with van der Waals surface area (Å²) >= 11 is 3.34. The van der Waals surface area contributed by atoms with Gasteiger partial charge in [0.1, 0.15) is 6.07 Å². The molecule has 2 atom stereocenters. The monoisotopic (exact) mass is 289 g/mol. The lowest BCUT2D eigenvalue weighted by Crippen LogP contribution is -2.23.